The number of thiophene rings is 1. The van der Waals surface area contributed by atoms with Gasteiger partial charge in [-0.3, -0.25) is 4.79 Å². The Hall–Kier alpha value is -2.52. The van der Waals surface area contributed by atoms with Crippen molar-refractivity contribution in [2.45, 2.75) is 38.0 Å². The summed E-state index contributed by atoms with van der Waals surface area (Å²) in [4.78, 5) is 17.7. The molecule has 0 saturated carbocycles. The minimum Gasteiger partial charge on any atom is -0.348 e. The lowest BCUT2D eigenvalue weighted by atomic mass is 10.0. The summed E-state index contributed by atoms with van der Waals surface area (Å²) in [5, 5.41) is 7.95. The van der Waals surface area contributed by atoms with Gasteiger partial charge < -0.3 is 9.84 Å². The Morgan fingerprint density at radius 2 is 1.97 bits per heavy atom. The fraction of sp³-hybridized carbons (Fsp3) is 0.350. The topological polar surface area (TPSA) is 102 Å². The maximum atomic E-state index is 12.5. The van der Waals surface area contributed by atoms with E-state index < -0.39 is 21.1 Å². The molecule has 7 nitrogen and oxygen atoms in total. The zero-order valence-electron chi connectivity index (χ0n) is 16.5. The Morgan fingerprint density at radius 1 is 1.24 bits per heavy atom. The van der Waals surface area contributed by atoms with Crippen LogP contribution in [0.3, 0.4) is 0 Å². The first-order valence-electron chi connectivity index (χ1n) is 9.15. The van der Waals surface area contributed by atoms with Crippen molar-refractivity contribution in [3.8, 4) is 10.7 Å². The Labute approximate surface area is 174 Å². The third kappa shape index (κ3) is 5.51. The smallest absolute Gasteiger partial charge is 0.227 e. The lowest BCUT2D eigenvalue weighted by Crippen LogP contribution is -2.38. The van der Waals surface area contributed by atoms with Gasteiger partial charge in [0.25, 0.3) is 0 Å². The number of rotatable bonds is 8. The van der Waals surface area contributed by atoms with Crippen molar-refractivity contribution in [3.05, 3.63) is 58.8 Å². The van der Waals surface area contributed by atoms with Crippen molar-refractivity contribution in [1.82, 2.24) is 15.5 Å². The summed E-state index contributed by atoms with van der Waals surface area (Å²) in [6.45, 7) is 3.55. The molecule has 0 aliphatic carbocycles. The molecule has 1 N–H and O–H groups in total. The Morgan fingerprint density at radius 3 is 2.59 bits per heavy atom. The van der Waals surface area contributed by atoms with Crippen molar-refractivity contribution in [1.29, 1.82) is 0 Å². The van der Waals surface area contributed by atoms with Gasteiger partial charge in [-0.2, -0.15) is 4.98 Å². The standard InChI is InChI=1S/C20H23N3O4S2/c1-13-6-8-15(9-7-13)19(14(2)29(3,25)26)21-17(24)10-11-18-22-20(23-27-18)16-5-4-12-28-16/h4-9,12,14,19H,10-11H2,1-3H3,(H,21,24)/t14-,19+/m1/s1. The quantitative estimate of drug-likeness (QED) is 0.585. The molecule has 3 rings (SSSR count). The van der Waals surface area contributed by atoms with E-state index in [1.54, 1.807) is 6.92 Å². The SMILES string of the molecule is Cc1ccc([C@@H](NC(=O)CCc2nc(-c3cccs3)no2)[C@@H](C)S(C)(=O)=O)cc1. The number of amides is 1. The molecule has 2 heterocycles. The number of sulfone groups is 1. The van der Waals surface area contributed by atoms with Crippen LogP contribution in [0.2, 0.25) is 0 Å². The molecule has 0 aliphatic rings. The van der Waals surface area contributed by atoms with Crippen LogP contribution in [-0.2, 0) is 21.1 Å². The molecule has 1 amide bonds. The third-order valence-electron chi connectivity index (χ3n) is 4.67. The number of benzene rings is 1. The molecule has 2 aromatic heterocycles. The van der Waals surface area contributed by atoms with Crippen LogP contribution in [0.1, 0.15) is 36.4 Å². The van der Waals surface area contributed by atoms with E-state index in [0.717, 1.165) is 16.0 Å². The van der Waals surface area contributed by atoms with Crippen molar-refractivity contribution in [2.75, 3.05) is 6.26 Å². The molecule has 154 valence electrons. The summed E-state index contributed by atoms with van der Waals surface area (Å²) in [5.74, 6) is 0.590. The normalized spacial score (nSPS) is 13.8. The second kappa shape index (κ2) is 8.87. The molecule has 1 aromatic carbocycles. The second-order valence-electron chi connectivity index (χ2n) is 6.98. The van der Waals surface area contributed by atoms with Gasteiger partial charge in [-0.1, -0.05) is 41.1 Å². The van der Waals surface area contributed by atoms with Crippen molar-refractivity contribution >= 4 is 27.1 Å². The van der Waals surface area contributed by atoms with Crippen molar-refractivity contribution in [3.63, 3.8) is 0 Å². The molecule has 0 radical (unpaired) electrons. The predicted octanol–water partition coefficient (Wildman–Crippen LogP) is 3.33. The van der Waals surface area contributed by atoms with Gasteiger partial charge >= 0.3 is 0 Å². The monoisotopic (exact) mass is 433 g/mol. The molecule has 9 heteroatoms. The first kappa shape index (κ1) is 21.2. The fourth-order valence-corrected chi connectivity index (χ4v) is 4.19. The number of aryl methyl sites for hydroxylation is 2. The van der Waals surface area contributed by atoms with Crippen molar-refractivity contribution in [2.24, 2.45) is 0 Å². The number of nitrogens with one attached hydrogen (secondary N) is 1. The number of hydrogen-bond donors (Lipinski definition) is 1. The summed E-state index contributed by atoms with van der Waals surface area (Å²) in [5.41, 5.74) is 1.81. The minimum absolute atomic E-state index is 0.116. The summed E-state index contributed by atoms with van der Waals surface area (Å²) in [6, 6.07) is 10.6. The first-order valence-corrected chi connectivity index (χ1v) is 12.0. The molecule has 0 aliphatic heterocycles. The maximum absolute atomic E-state index is 12.5. The summed E-state index contributed by atoms with van der Waals surface area (Å²) >= 11 is 1.51. The molecule has 2 atom stereocenters. The summed E-state index contributed by atoms with van der Waals surface area (Å²) in [6.07, 6.45) is 1.57. The van der Waals surface area contributed by atoms with E-state index in [4.69, 9.17) is 4.52 Å². The van der Waals surface area contributed by atoms with Crippen LogP contribution in [0.15, 0.2) is 46.3 Å². The Bertz CT molecular complexity index is 1060. The average molecular weight is 434 g/mol. The van der Waals surface area contributed by atoms with Crippen LogP contribution in [0.5, 0.6) is 0 Å². The van der Waals surface area contributed by atoms with Crippen LogP contribution < -0.4 is 5.32 Å². The lowest BCUT2D eigenvalue weighted by Gasteiger charge is -2.24. The van der Waals surface area contributed by atoms with E-state index in [0.29, 0.717) is 11.7 Å². The Balaban J connectivity index is 1.67. The van der Waals surface area contributed by atoms with Crippen LogP contribution in [0.25, 0.3) is 10.7 Å². The highest BCUT2D eigenvalue weighted by atomic mass is 32.2. The number of carbonyl (C=O) groups is 1. The van der Waals surface area contributed by atoms with Gasteiger partial charge in [0.05, 0.1) is 16.2 Å². The number of carbonyl (C=O) groups excluding carboxylic acids is 1. The number of nitrogens with zero attached hydrogens (tertiary/aromatic N) is 2. The highest BCUT2D eigenvalue weighted by Crippen LogP contribution is 2.23. The fourth-order valence-electron chi connectivity index (χ4n) is 2.82. The summed E-state index contributed by atoms with van der Waals surface area (Å²) in [7, 11) is -3.35. The van der Waals surface area contributed by atoms with Gasteiger partial charge in [-0.15, -0.1) is 11.3 Å². The van der Waals surface area contributed by atoms with Gasteiger partial charge in [-0.25, -0.2) is 8.42 Å². The molecule has 0 unspecified atom stereocenters. The van der Waals surface area contributed by atoms with Gasteiger partial charge in [0.1, 0.15) is 0 Å². The van der Waals surface area contributed by atoms with E-state index >= 15 is 0 Å². The number of hydrogen-bond acceptors (Lipinski definition) is 7. The van der Waals surface area contributed by atoms with Gasteiger partial charge in [0.2, 0.25) is 17.6 Å². The van der Waals surface area contributed by atoms with Crippen LogP contribution in [-0.4, -0.2) is 36.0 Å². The van der Waals surface area contributed by atoms with Gasteiger partial charge in [-0.05, 0) is 30.9 Å². The molecule has 29 heavy (non-hydrogen) atoms. The molecule has 0 saturated heterocycles. The maximum Gasteiger partial charge on any atom is 0.227 e. The first-order chi connectivity index (χ1) is 13.7. The van der Waals surface area contributed by atoms with E-state index in [1.807, 2.05) is 48.7 Å². The van der Waals surface area contributed by atoms with Crippen LogP contribution in [0, 0.1) is 6.92 Å². The highest BCUT2D eigenvalue weighted by Gasteiger charge is 2.29. The largest absolute Gasteiger partial charge is 0.348 e. The van der Waals surface area contributed by atoms with Crippen LogP contribution >= 0.6 is 11.3 Å². The van der Waals surface area contributed by atoms with E-state index in [1.165, 1.54) is 17.6 Å². The van der Waals surface area contributed by atoms with E-state index in [-0.39, 0.29) is 18.7 Å². The lowest BCUT2D eigenvalue weighted by molar-refractivity contribution is -0.121. The highest BCUT2D eigenvalue weighted by molar-refractivity contribution is 7.91. The molecule has 0 bridgehead atoms. The molecule has 3 aromatic rings. The van der Waals surface area contributed by atoms with E-state index in [9.17, 15) is 13.2 Å². The molecule has 0 fully saturated rings. The minimum atomic E-state index is -3.35. The predicted molar refractivity (Wildman–Crippen MR) is 112 cm³/mol. The van der Waals surface area contributed by atoms with Crippen LogP contribution in [0.4, 0.5) is 0 Å². The van der Waals surface area contributed by atoms with Gasteiger partial charge in [0.15, 0.2) is 9.84 Å². The zero-order chi connectivity index (χ0) is 21.0. The molecular formula is C20H23N3O4S2. The average Bonchev–Trinajstić information content (AvgIpc) is 3.35. The van der Waals surface area contributed by atoms with E-state index in [2.05, 4.69) is 15.5 Å². The Kier molecular flexibility index (Phi) is 6.49. The summed E-state index contributed by atoms with van der Waals surface area (Å²) < 4.78 is 29.4. The van der Waals surface area contributed by atoms with Gasteiger partial charge in [0, 0.05) is 19.1 Å². The number of aromatic nitrogens is 2. The third-order valence-corrected chi connectivity index (χ3v) is 7.16. The molecule has 0 spiro atoms. The second-order valence-corrected chi connectivity index (χ2v) is 10.3. The van der Waals surface area contributed by atoms with Crippen molar-refractivity contribution < 1.29 is 17.7 Å². The molecular weight excluding hydrogens is 410 g/mol. The zero-order valence-corrected chi connectivity index (χ0v) is 18.1.